The number of carbonyl (C=O) groups excluding carboxylic acids is 1. The molecular formula is C30H20N4O5. The number of non-ortho nitro benzene ring substituents is 1. The van der Waals surface area contributed by atoms with Gasteiger partial charge in [0.25, 0.3) is 11.2 Å². The molecule has 0 N–H and O–H groups in total. The first-order chi connectivity index (χ1) is 19.0. The molecule has 4 aromatic carbocycles. The van der Waals surface area contributed by atoms with Crippen molar-refractivity contribution < 1.29 is 14.5 Å². The Balaban J connectivity index is 1.51. The molecule has 5 aromatic rings. The van der Waals surface area contributed by atoms with Crippen LogP contribution in [0.1, 0.15) is 11.1 Å². The number of nitrogens with zero attached hydrogens (tertiary/aromatic N) is 4. The van der Waals surface area contributed by atoms with Crippen LogP contribution in [0.15, 0.2) is 119 Å². The third-order valence-electron chi connectivity index (χ3n) is 5.74. The second kappa shape index (κ2) is 11.1. The van der Waals surface area contributed by atoms with Crippen LogP contribution in [0, 0.1) is 10.1 Å². The van der Waals surface area contributed by atoms with Gasteiger partial charge in [0.2, 0.25) is 0 Å². The van der Waals surface area contributed by atoms with Crippen LogP contribution in [0.5, 0.6) is 5.75 Å². The van der Waals surface area contributed by atoms with Crippen LogP contribution in [0.3, 0.4) is 0 Å². The van der Waals surface area contributed by atoms with Crippen LogP contribution in [0.4, 0.5) is 5.69 Å². The van der Waals surface area contributed by atoms with Crippen molar-refractivity contribution in [3.8, 4) is 17.1 Å². The van der Waals surface area contributed by atoms with Gasteiger partial charge in [-0.2, -0.15) is 9.78 Å². The van der Waals surface area contributed by atoms with E-state index in [-0.39, 0.29) is 17.3 Å². The minimum absolute atomic E-state index is 0.0889. The minimum Gasteiger partial charge on any atom is -0.423 e. The molecule has 0 fully saturated rings. The van der Waals surface area contributed by atoms with Gasteiger partial charge < -0.3 is 4.74 Å². The summed E-state index contributed by atoms with van der Waals surface area (Å²) < 4.78 is 6.65. The van der Waals surface area contributed by atoms with Gasteiger partial charge in [0.1, 0.15) is 5.75 Å². The molecule has 39 heavy (non-hydrogen) atoms. The smallest absolute Gasteiger partial charge is 0.336 e. The summed E-state index contributed by atoms with van der Waals surface area (Å²) in [5.41, 5.74) is 1.72. The van der Waals surface area contributed by atoms with Crippen LogP contribution in [0.25, 0.3) is 28.4 Å². The maximum absolute atomic E-state index is 13.4. The molecule has 5 rings (SSSR count). The summed E-state index contributed by atoms with van der Waals surface area (Å²) in [7, 11) is 0. The Morgan fingerprint density at radius 3 is 2.36 bits per heavy atom. The number of para-hydroxylation sites is 2. The number of hydrogen-bond acceptors (Lipinski definition) is 7. The summed E-state index contributed by atoms with van der Waals surface area (Å²) in [4.78, 5) is 41.1. The molecule has 0 aliphatic carbocycles. The molecule has 0 saturated carbocycles. The maximum atomic E-state index is 13.4. The van der Waals surface area contributed by atoms with Crippen LogP contribution in [0.2, 0.25) is 0 Å². The van der Waals surface area contributed by atoms with E-state index in [1.807, 2.05) is 30.3 Å². The molecule has 1 aromatic heterocycles. The second-order valence-corrected chi connectivity index (χ2v) is 8.32. The number of rotatable bonds is 7. The topological polar surface area (TPSA) is 117 Å². The number of carbonyl (C=O) groups is 1. The van der Waals surface area contributed by atoms with E-state index in [1.165, 1.54) is 36.6 Å². The lowest BCUT2D eigenvalue weighted by Gasteiger charge is -2.10. The summed E-state index contributed by atoms with van der Waals surface area (Å²) in [5, 5.41) is 15.8. The van der Waals surface area contributed by atoms with Crippen LogP contribution >= 0.6 is 0 Å². The van der Waals surface area contributed by atoms with Gasteiger partial charge in [0.15, 0.2) is 5.82 Å². The van der Waals surface area contributed by atoms with Gasteiger partial charge in [-0.25, -0.2) is 9.78 Å². The second-order valence-electron chi connectivity index (χ2n) is 8.32. The first-order valence-electron chi connectivity index (χ1n) is 11.8. The molecule has 9 nitrogen and oxygen atoms in total. The van der Waals surface area contributed by atoms with E-state index in [0.717, 1.165) is 10.2 Å². The van der Waals surface area contributed by atoms with Crippen molar-refractivity contribution in [3.05, 3.63) is 141 Å². The number of ether oxygens (including phenoxy) is 1. The van der Waals surface area contributed by atoms with Crippen molar-refractivity contribution in [1.29, 1.82) is 0 Å². The first-order valence-corrected chi connectivity index (χ1v) is 11.8. The lowest BCUT2D eigenvalue weighted by molar-refractivity contribution is -0.384. The average Bonchev–Trinajstić information content (AvgIpc) is 2.97. The SMILES string of the molecule is O=C(/C=C/c1ccccc1)Oc1ccccc1C=Nn1c(-c2ccc([N+](=O)[O-])cc2)nc2ccccc2c1=O. The normalized spacial score (nSPS) is 11.3. The summed E-state index contributed by atoms with van der Waals surface area (Å²) in [6.45, 7) is 0. The monoisotopic (exact) mass is 516 g/mol. The van der Waals surface area contributed by atoms with Crippen molar-refractivity contribution in [2.75, 3.05) is 0 Å². The molecule has 0 spiro atoms. The molecule has 0 bridgehead atoms. The third-order valence-corrected chi connectivity index (χ3v) is 5.74. The Labute approximate surface area is 222 Å². The number of hydrogen-bond donors (Lipinski definition) is 0. The van der Waals surface area contributed by atoms with E-state index < -0.39 is 16.5 Å². The van der Waals surface area contributed by atoms with Crippen molar-refractivity contribution in [2.24, 2.45) is 5.10 Å². The third kappa shape index (κ3) is 5.67. The van der Waals surface area contributed by atoms with E-state index in [9.17, 15) is 19.7 Å². The van der Waals surface area contributed by atoms with Crippen LogP contribution in [-0.2, 0) is 4.79 Å². The molecule has 9 heteroatoms. The van der Waals surface area contributed by atoms with Gasteiger partial charge in [-0.3, -0.25) is 14.9 Å². The van der Waals surface area contributed by atoms with Crippen molar-refractivity contribution in [3.63, 3.8) is 0 Å². The fourth-order valence-electron chi connectivity index (χ4n) is 3.82. The summed E-state index contributed by atoms with van der Waals surface area (Å²) in [5.74, 6) is -0.122. The summed E-state index contributed by atoms with van der Waals surface area (Å²) >= 11 is 0. The Morgan fingerprint density at radius 2 is 1.59 bits per heavy atom. The zero-order valence-corrected chi connectivity index (χ0v) is 20.4. The van der Waals surface area contributed by atoms with E-state index in [1.54, 1.807) is 54.6 Å². The molecule has 190 valence electrons. The minimum atomic E-state index is -0.573. The molecular weight excluding hydrogens is 496 g/mol. The largest absolute Gasteiger partial charge is 0.423 e. The molecule has 0 radical (unpaired) electrons. The maximum Gasteiger partial charge on any atom is 0.336 e. The average molecular weight is 517 g/mol. The molecule has 1 heterocycles. The predicted octanol–water partition coefficient (Wildman–Crippen LogP) is 5.47. The van der Waals surface area contributed by atoms with E-state index in [4.69, 9.17) is 4.74 Å². The van der Waals surface area contributed by atoms with Gasteiger partial charge >= 0.3 is 5.97 Å². The van der Waals surface area contributed by atoms with Gasteiger partial charge in [-0.05, 0) is 48.0 Å². The Bertz CT molecular complexity index is 1790. The van der Waals surface area contributed by atoms with E-state index >= 15 is 0 Å². The number of fused-ring (bicyclic) bond motifs is 1. The number of nitro benzene ring substituents is 1. The van der Waals surface area contributed by atoms with Crippen molar-refractivity contribution >= 4 is 34.9 Å². The molecule has 0 amide bonds. The highest BCUT2D eigenvalue weighted by molar-refractivity contribution is 5.91. The molecule has 0 atom stereocenters. The van der Waals surface area contributed by atoms with Gasteiger partial charge in [0.05, 0.1) is 22.0 Å². The highest BCUT2D eigenvalue weighted by Gasteiger charge is 2.14. The highest BCUT2D eigenvalue weighted by Crippen LogP contribution is 2.23. The first kappa shape index (κ1) is 25.0. The highest BCUT2D eigenvalue weighted by atomic mass is 16.6. The summed E-state index contributed by atoms with van der Waals surface area (Å²) in [6.07, 6.45) is 4.37. The van der Waals surface area contributed by atoms with Gasteiger partial charge in [-0.1, -0.05) is 54.6 Å². The van der Waals surface area contributed by atoms with Crippen LogP contribution in [-0.4, -0.2) is 26.8 Å². The van der Waals surface area contributed by atoms with Crippen molar-refractivity contribution in [2.45, 2.75) is 0 Å². The Kier molecular flexibility index (Phi) is 7.13. The van der Waals surface area contributed by atoms with Crippen LogP contribution < -0.4 is 10.3 Å². The summed E-state index contributed by atoms with van der Waals surface area (Å²) in [6, 6.07) is 28.6. The fraction of sp³-hybridized carbons (Fsp3) is 0. The molecule has 0 aliphatic heterocycles. The molecule has 0 aliphatic rings. The lowest BCUT2D eigenvalue weighted by atomic mass is 10.1. The standard InChI is InChI=1S/C30H20N4O5/c35-28(19-14-21-8-2-1-3-9-21)39-27-13-7-4-10-23(27)20-31-33-29(22-15-17-24(18-16-22)34(37)38)32-26-12-6-5-11-25(26)30(33)36/h1-20H/b19-14+,31-20?. The number of esters is 1. The quantitative estimate of drug-likeness (QED) is 0.0707. The van der Waals surface area contributed by atoms with Crippen molar-refractivity contribution in [1.82, 2.24) is 9.66 Å². The van der Waals surface area contributed by atoms with E-state index in [0.29, 0.717) is 22.0 Å². The van der Waals surface area contributed by atoms with E-state index in [2.05, 4.69) is 10.1 Å². The molecule has 0 saturated heterocycles. The number of benzene rings is 4. The Hall–Kier alpha value is -5.70. The van der Waals surface area contributed by atoms with Gasteiger partial charge in [-0.15, -0.1) is 0 Å². The zero-order chi connectivity index (χ0) is 27.2. The molecule has 0 unspecified atom stereocenters. The van der Waals surface area contributed by atoms with Gasteiger partial charge in [0, 0.05) is 29.3 Å². The number of nitro groups is 1. The lowest BCUT2D eigenvalue weighted by Crippen LogP contribution is -2.20. The zero-order valence-electron chi connectivity index (χ0n) is 20.4. The Morgan fingerprint density at radius 1 is 0.897 bits per heavy atom. The predicted molar refractivity (Wildman–Crippen MR) is 149 cm³/mol. The number of aromatic nitrogens is 2. The fourth-order valence-corrected chi connectivity index (χ4v) is 3.82.